The van der Waals surface area contributed by atoms with Gasteiger partial charge in [-0.1, -0.05) is 25.3 Å². The Morgan fingerprint density at radius 3 is 2.50 bits per heavy atom. The molecule has 1 aliphatic carbocycles. The molecule has 1 aromatic rings. The van der Waals surface area contributed by atoms with E-state index in [0.29, 0.717) is 35.7 Å². The van der Waals surface area contributed by atoms with Crippen LogP contribution in [0.4, 0.5) is 0 Å². The van der Waals surface area contributed by atoms with Gasteiger partial charge in [0.05, 0.1) is 0 Å². The smallest absolute Gasteiger partial charge is 0.252 e. The number of rotatable bonds is 5. The summed E-state index contributed by atoms with van der Waals surface area (Å²) >= 11 is 1.26. The molecule has 1 saturated carbocycles. The van der Waals surface area contributed by atoms with Crippen LogP contribution >= 0.6 is 11.3 Å². The summed E-state index contributed by atoms with van der Waals surface area (Å²) in [5.41, 5.74) is 0. The fourth-order valence-corrected chi connectivity index (χ4v) is 6.30. The Morgan fingerprint density at radius 1 is 1.17 bits per heavy atom. The predicted octanol–water partition coefficient (Wildman–Crippen LogP) is 2.99. The lowest BCUT2D eigenvalue weighted by molar-refractivity contribution is -0.123. The van der Waals surface area contributed by atoms with Crippen molar-refractivity contribution in [3.8, 4) is 0 Å². The summed E-state index contributed by atoms with van der Waals surface area (Å²) in [5, 5.41) is 4.95. The van der Waals surface area contributed by atoms with Gasteiger partial charge in [0.1, 0.15) is 4.21 Å². The third-order valence-corrected chi connectivity index (χ3v) is 8.38. The Balaban J connectivity index is 1.46. The van der Waals surface area contributed by atoms with Gasteiger partial charge in [0.15, 0.2) is 0 Å². The summed E-state index contributed by atoms with van der Waals surface area (Å²) < 4.78 is 27.0. The van der Waals surface area contributed by atoms with Crippen LogP contribution < -0.4 is 5.32 Å². The molecule has 1 saturated heterocycles. The molecule has 0 atom stereocenters. The number of carbonyl (C=O) groups excluding carboxylic acids is 1. The molecular weight excluding hydrogens is 344 g/mol. The molecule has 0 spiro atoms. The van der Waals surface area contributed by atoms with Crippen LogP contribution in [0, 0.1) is 5.92 Å². The van der Waals surface area contributed by atoms with Crippen molar-refractivity contribution < 1.29 is 13.2 Å². The van der Waals surface area contributed by atoms with Gasteiger partial charge in [-0.05, 0) is 43.0 Å². The first-order chi connectivity index (χ1) is 11.6. The SMILES string of the molecule is O=C(CC1CCN(S(=O)(=O)c2cccs2)CC1)NC1CCCCC1. The Morgan fingerprint density at radius 2 is 1.88 bits per heavy atom. The number of hydrogen-bond donors (Lipinski definition) is 1. The van der Waals surface area contributed by atoms with Crippen LogP contribution in [0.3, 0.4) is 0 Å². The fraction of sp³-hybridized carbons (Fsp3) is 0.706. The molecule has 0 aromatic carbocycles. The molecular formula is C17H26N2O3S2. The van der Waals surface area contributed by atoms with E-state index < -0.39 is 10.0 Å². The zero-order valence-corrected chi connectivity index (χ0v) is 15.6. The highest BCUT2D eigenvalue weighted by atomic mass is 32.2. The Hall–Kier alpha value is -0.920. The molecule has 0 radical (unpaired) electrons. The summed E-state index contributed by atoms with van der Waals surface area (Å²) in [7, 11) is -3.34. The van der Waals surface area contributed by atoms with Gasteiger partial charge in [-0.15, -0.1) is 11.3 Å². The first kappa shape index (κ1) is 17.9. The maximum absolute atomic E-state index is 12.5. The number of thiophene rings is 1. The molecule has 2 aliphatic rings. The van der Waals surface area contributed by atoms with Crippen molar-refractivity contribution in [2.75, 3.05) is 13.1 Å². The standard InChI is InChI=1S/C17H26N2O3S2/c20-16(18-15-5-2-1-3-6-15)13-14-8-10-19(11-9-14)24(21,22)17-7-4-12-23-17/h4,7,12,14-15H,1-3,5-6,8-11,13H2,(H,18,20). The van der Waals surface area contributed by atoms with Crippen molar-refractivity contribution in [2.45, 2.75) is 61.6 Å². The van der Waals surface area contributed by atoms with Crippen LogP contribution in [0.1, 0.15) is 51.4 Å². The predicted molar refractivity (Wildman–Crippen MR) is 95.4 cm³/mol. The van der Waals surface area contributed by atoms with Crippen LogP contribution in [0.5, 0.6) is 0 Å². The highest BCUT2D eigenvalue weighted by Gasteiger charge is 2.31. The molecule has 134 valence electrons. The Bertz CT molecular complexity index is 629. The van der Waals surface area contributed by atoms with E-state index in [-0.39, 0.29) is 5.91 Å². The van der Waals surface area contributed by atoms with Gasteiger partial charge in [-0.3, -0.25) is 4.79 Å². The van der Waals surface area contributed by atoms with Gasteiger partial charge in [-0.2, -0.15) is 4.31 Å². The van der Waals surface area contributed by atoms with E-state index in [1.54, 1.807) is 21.8 Å². The van der Waals surface area contributed by atoms with Crippen LogP contribution in [-0.4, -0.2) is 37.8 Å². The van der Waals surface area contributed by atoms with Gasteiger partial charge < -0.3 is 5.32 Å². The minimum Gasteiger partial charge on any atom is -0.353 e. The fourth-order valence-electron chi connectivity index (χ4n) is 3.69. The maximum Gasteiger partial charge on any atom is 0.252 e. The quantitative estimate of drug-likeness (QED) is 0.866. The third kappa shape index (κ3) is 4.37. The largest absolute Gasteiger partial charge is 0.353 e. The average molecular weight is 371 g/mol. The summed E-state index contributed by atoms with van der Waals surface area (Å²) in [6.45, 7) is 1.03. The number of nitrogens with one attached hydrogen (secondary N) is 1. The highest BCUT2D eigenvalue weighted by Crippen LogP contribution is 2.27. The number of nitrogens with zero attached hydrogens (tertiary/aromatic N) is 1. The first-order valence-electron chi connectivity index (χ1n) is 8.89. The van der Waals surface area contributed by atoms with Crippen molar-refractivity contribution in [1.82, 2.24) is 9.62 Å². The molecule has 7 heteroatoms. The molecule has 1 amide bonds. The maximum atomic E-state index is 12.5. The minimum atomic E-state index is -3.34. The summed E-state index contributed by atoms with van der Waals surface area (Å²) in [6.07, 6.45) is 7.97. The molecule has 3 rings (SSSR count). The second kappa shape index (κ2) is 7.97. The lowest BCUT2D eigenvalue weighted by atomic mass is 9.92. The Labute approximate surface area is 148 Å². The lowest BCUT2D eigenvalue weighted by Gasteiger charge is -2.31. The Kier molecular flexibility index (Phi) is 5.94. The summed E-state index contributed by atoms with van der Waals surface area (Å²) in [5.74, 6) is 0.435. The van der Waals surface area contributed by atoms with Crippen LogP contribution in [0.25, 0.3) is 0 Å². The third-order valence-electron chi connectivity index (χ3n) is 5.11. The van der Waals surface area contributed by atoms with Gasteiger partial charge in [-0.25, -0.2) is 8.42 Å². The molecule has 5 nitrogen and oxygen atoms in total. The van der Waals surface area contributed by atoms with Crippen molar-refractivity contribution >= 4 is 27.3 Å². The highest BCUT2D eigenvalue weighted by molar-refractivity contribution is 7.91. The molecule has 1 aliphatic heterocycles. The van der Waals surface area contributed by atoms with Crippen molar-refractivity contribution in [1.29, 1.82) is 0 Å². The molecule has 1 aromatic heterocycles. The topological polar surface area (TPSA) is 66.5 Å². The van der Waals surface area contributed by atoms with Gasteiger partial charge >= 0.3 is 0 Å². The summed E-state index contributed by atoms with van der Waals surface area (Å²) in [4.78, 5) is 12.2. The van der Waals surface area contributed by atoms with Crippen LogP contribution in [0.15, 0.2) is 21.7 Å². The van der Waals surface area contributed by atoms with E-state index in [4.69, 9.17) is 0 Å². The second-order valence-corrected chi connectivity index (χ2v) is 10.00. The molecule has 2 fully saturated rings. The van der Waals surface area contributed by atoms with E-state index in [2.05, 4.69) is 5.32 Å². The normalized spacial score (nSPS) is 21.7. The zero-order chi connectivity index (χ0) is 17.0. The van der Waals surface area contributed by atoms with Gasteiger partial charge in [0.25, 0.3) is 10.0 Å². The lowest BCUT2D eigenvalue weighted by Crippen LogP contribution is -2.41. The average Bonchev–Trinajstić information content (AvgIpc) is 3.11. The first-order valence-corrected chi connectivity index (χ1v) is 11.2. The number of hydrogen-bond acceptors (Lipinski definition) is 4. The molecule has 0 unspecified atom stereocenters. The van der Waals surface area contributed by atoms with Crippen molar-refractivity contribution in [2.24, 2.45) is 5.92 Å². The van der Waals surface area contributed by atoms with Gasteiger partial charge in [0.2, 0.25) is 5.91 Å². The van der Waals surface area contributed by atoms with E-state index in [1.807, 2.05) is 0 Å². The molecule has 2 heterocycles. The number of piperidine rings is 1. The number of amides is 1. The van der Waals surface area contributed by atoms with E-state index in [1.165, 1.54) is 30.6 Å². The number of carbonyl (C=O) groups is 1. The monoisotopic (exact) mass is 370 g/mol. The van der Waals surface area contributed by atoms with Crippen molar-refractivity contribution in [3.05, 3.63) is 17.5 Å². The minimum absolute atomic E-state index is 0.140. The van der Waals surface area contributed by atoms with Crippen LogP contribution in [0.2, 0.25) is 0 Å². The molecule has 0 bridgehead atoms. The van der Waals surface area contributed by atoms with E-state index in [9.17, 15) is 13.2 Å². The molecule has 1 N–H and O–H groups in total. The van der Waals surface area contributed by atoms with Crippen LogP contribution in [-0.2, 0) is 14.8 Å². The van der Waals surface area contributed by atoms with Gasteiger partial charge in [0, 0.05) is 25.6 Å². The number of sulfonamides is 1. The van der Waals surface area contributed by atoms with E-state index >= 15 is 0 Å². The molecule has 24 heavy (non-hydrogen) atoms. The zero-order valence-electron chi connectivity index (χ0n) is 13.9. The summed E-state index contributed by atoms with van der Waals surface area (Å²) in [6, 6.07) is 3.77. The van der Waals surface area contributed by atoms with E-state index in [0.717, 1.165) is 25.7 Å². The second-order valence-electron chi connectivity index (χ2n) is 6.89. The van der Waals surface area contributed by atoms with Crippen molar-refractivity contribution in [3.63, 3.8) is 0 Å².